The lowest BCUT2D eigenvalue weighted by Crippen LogP contribution is -2.14. The van der Waals surface area contributed by atoms with Crippen LogP contribution in [0, 0.1) is 6.92 Å². The van der Waals surface area contributed by atoms with E-state index in [0.29, 0.717) is 5.56 Å². The van der Waals surface area contributed by atoms with E-state index in [1.54, 1.807) is 11.7 Å². The fourth-order valence-corrected chi connectivity index (χ4v) is 1.29. The molecule has 2 rings (SSSR count). The monoisotopic (exact) mass is 236 g/mol. The Morgan fingerprint density at radius 2 is 2.35 bits per heavy atom. The average Bonchev–Trinajstić information content (AvgIpc) is 2.88. The minimum Gasteiger partial charge on any atom is -0.466 e. The highest BCUT2D eigenvalue weighted by atomic mass is 16.5. The molecule has 1 amide bonds. The Morgan fingerprint density at radius 3 is 2.88 bits per heavy atom. The molecule has 0 radical (unpaired) electrons. The van der Waals surface area contributed by atoms with Gasteiger partial charge >= 0.3 is 6.01 Å². The molecule has 0 saturated carbocycles. The third kappa shape index (κ3) is 2.10. The molecular weight excluding hydrogens is 224 g/mol. The topological polar surface area (TPSA) is 97.7 Å². The number of hydrogen-bond donors (Lipinski definition) is 2. The molecule has 17 heavy (non-hydrogen) atoms. The van der Waals surface area contributed by atoms with Crippen molar-refractivity contribution in [2.24, 2.45) is 7.05 Å². The predicted molar refractivity (Wildman–Crippen MR) is 58.8 cm³/mol. The van der Waals surface area contributed by atoms with Gasteiger partial charge in [0.05, 0.1) is 18.9 Å². The zero-order valence-electron chi connectivity index (χ0n) is 9.68. The van der Waals surface area contributed by atoms with Gasteiger partial charge in [0.15, 0.2) is 0 Å². The van der Waals surface area contributed by atoms with E-state index in [9.17, 15) is 4.79 Å². The third-order valence-corrected chi connectivity index (χ3v) is 2.36. The standard InChI is InChI=1S/C9H12N6O2/c1-5-6(4-10-15(5)2)7(16)11-8-12-9(17-3)14-13-8/h4H,1-3H3,(H2,11,12,13,14,16). The van der Waals surface area contributed by atoms with Crippen molar-refractivity contribution in [1.82, 2.24) is 25.0 Å². The van der Waals surface area contributed by atoms with Crippen molar-refractivity contribution in [3.05, 3.63) is 17.5 Å². The van der Waals surface area contributed by atoms with E-state index in [4.69, 9.17) is 4.74 Å². The summed E-state index contributed by atoms with van der Waals surface area (Å²) < 4.78 is 6.41. The Hall–Kier alpha value is -2.38. The van der Waals surface area contributed by atoms with Crippen LogP contribution in [-0.4, -0.2) is 38.0 Å². The van der Waals surface area contributed by atoms with Gasteiger partial charge in [-0.15, -0.1) is 5.10 Å². The molecule has 0 unspecified atom stereocenters. The van der Waals surface area contributed by atoms with Gasteiger partial charge in [-0.3, -0.25) is 14.8 Å². The van der Waals surface area contributed by atoms with E-state index >= 15 is 0 Å². The summed E-state index contributed by atoms with van der Waals surface area (Å²) in [5.74, 6) is -0.0653. The second kappa shape index (κ2) is 4.24. The Morgan fingerprint density at radius 1 is 1.59 bits per heavy atom. The summed E-state index contributed by atoms with van der Waals surface area (Å²) in [6.45, 7) is 1.81. The van der Waals surface area contributed by atoms with Crippen molar-refractivity contribution >= 4 is 11.9 Å². The summed E-state index contributed by atoms with van der Waals surface area (Å²) in [7, 11) is 3.21. The molecule has 0 bridgehead atoms. The van der Waals surface area contributed by atoms with E-state index < -0.39 is 0 Å². The van der Waals surface area contributed by atoms with Crippen LogP contribution in [0.1, 0.15) is 16.1 Å². The molecule has 0 aliphatic carbocycles. The Bertz CT molecular complexity index is 543. The number of rotatable bonds is 3. The molecule has 0 aliphatic heterocycles. The Labute approximate surface area is 97.0 Å². The van der Waals surface area contributed by atoms with Crippen LogP contribution in [0.25, 0.3) is 0 Å². The maximum absolute atomic E-state index is 11.9. The number of nitrogens with one attached hydrogen (secondary N) is 2. The van der Waals surface area contributed by atoms with Gasteiger partial charge < -0.3 is 4.74 Å². The molecule has 2 heterocycles. The van der Waals surface area contributed by atoms with Crippen molar-refractivity contribution in [3.63, 3.8) is 0 Å². The summed E-state index contributed by atoms with van der Waals surface area (Å²) in [6.07, 6.45) is 1.50. The second-order valence-electron chi connectivity index (χ2n) is 3.39. The highest BCUT2D eigenvalue weighted by Crippen LogP contribution is 2.09. The first-order valence-electron chi connectivity index (χ1n) is 4.88. The van der Waals surface area contributed by atoms with Gasteiger partial charge in [0.25, 0.3) is 5.91 Å². The van der Waals surface area contributed by atoms with Crippen LogP contribution in [0.15, 0.2) is 6.20 Å². The molecule has 90 valence electrons. The molecular formula is C9H12N6O2. The lowest BCUT2D eigenvalue weighted by molar-refractivity contribution is 0.102. The summed E-state index contributed by atoms with van der Waals surface area (Å²) >= 11 is 0. The molecule has 0 aromatic carbocycles. The van der Waals surface area contributed by atoms with Gasteiger partial charge in [0.2, 0.25) is 5.95 Å². The summed E-state index contributed by atoms with van der Waals surface area (Å²) in [5, 5.41) is 12.8. The number of hydrogen-bond acceptors (Lipinski definition) is 5. The molecule has 2 N–H and O–H groups in total. The van der Waals surface area contributed by atoms with E-state index in [2.05, 4.69) is 25.6 Å². The van der Waals surface area contributed by atoms with Crippen molar-refractivity contribution < 1.29 is 9.53 Å². The molecule has 0 aliphatic rings. The zero-order chi connectivity index (χ0) is 12.4. The molecule has 2 aromatic rings. The fraction of sp³-hybridized carbons (Fsp3) is 0.333. The Balaban J connectivity index is 2.14. The van der Waals surface area contributed by atoms with E-state index in [-0.39, 0.29) is 17.9 Å². The smallest absolute Gasteiger partial charge is 0.336 e. The number of aryl methyl sites for hydroxylation is 1. The number of anilines is 1. The van der Waals surface area contributed by atoms with Crippen LogP contribution in [-0.2, 0) is 7.05 Å². The maximum Gasteiger partial charge on any atom is 0.336 e. The molecule has 0 atom stereocenters. The average molecular weight is 236 g/mol. The summed E-state index contributed by atoms with van der Waals surface area (Å²) in [5.41, 5.74) is 1.26. The highest BCUT2D eigenvalue weighted by Gasteiger charge is 2.14. The largest absolute Gasteiger partial charge is 0.466 e. The van der Waals surface area contributed by atoms with E-state index in [1.807, 2.05) is 6.92 Å². The highest BCUT2D eigenvalue weighted by molar-refractivity contribution is 6.03. The SMILES string of the molecule is COc1n[nH]c(NC(=O)c2cnn(C)c2C)n1. The quantitative estimate of drug-likeness (QED) is 0.788. The summed E-state index contributed by atoms with van der Waals surface area (Å²) in [6, 6.07) is 0.170. The number of carbonyl (C=O) groups excluding carboxylic acids is 1. The first kappa shape index (κ1) is 11.1. The maximum atomic E-state index is 11.9. The van der Waals surface area contributed by atoms with Crippen molar-refractivity contribution in [2.45, 2.75) is 6.92 Å². The van der Waals surface area contributed by atoms with Crippen molar-refractivity contribution in [1.29, 1.82) is 0 Å². The lowest BCUT2D eigenvalue weighted by Gasteiger charge is -2.00. The van der Waals surface area contributed by atoms with E-state index in [1.165, 1.54) is 13.3 Å². The second-order valence-corrected chi connectivity index (χ2v) is 3.39. The third-order valence-electron chi connectivity index (χ3n) is 2.36. The van der Waals surface area contributed by atoms with Gasteiger partial charge in [-0.2, -0.15) is 10.1 Å². The zero-order valence-corrected chi connectivity index (χ0v) is 9.68. The minimum absolute atomic E-state index is 0.170. The number of carbonyl (C=O) groups is 1. The minimum atomic E-state index is -0.297. The first-order chi connectivity index (χ1) is 8.11. The number of amides is 1. The van der Waals surface area contributed by atoms with Crippen LogP contribution in [0.4, 0.5) is 5.95 Å². The van der Waals surface area contributed by atoms with Crippen molar-refractivity contribution in [3.8, 4) is 6.01 Å². The number of ether oxygens (including phenoxy) is 1. The molecule has 0 spiro atoms. The van der Waals surface area contributed by atoms with Gasteiger partial charge in [-0.25, -0.2) is 5.10 Å². The summed E-state index contributed by atoms with van der Waals surface area (Å²) in [4.78, 5) is 15.7. The van der Waals surface area contributed by atoms with Gasteiger partial charge in [0.1, 0.15) is 0 Å². The molecule has 0 fully saturated rings. The van der Waals surface area contributed by atoms with E-state index in [0.717, 1.165) is 5.69 Å². The number of aromatic nitrogens is 5. The van der Waals surface area contributed by atoms with Gasteiger partial charge in [0, 0.05) is 12.7 Å². The van der Waals surface area contributed by atoms with Crippen LogP contribution >= 0.6 is 0 Å². The molecule has 2 aromatic heterocycles. The van der Waals surface area contributed by atoms with Crippen LogP contribution in [0.5, 0.6) is 6.01 Å². The number of aromatic amines is 1. The number of nitrogens with zero attached hydrogens (tertiary/aromatic N) is 4. The predicted octanol–water partition coefficient (Wildman–Crippen LogP) is 0.108. The van der Waals surface area contributed by atoms with Crippen molar-refractivity contribution in [2.75, 3.05) is 12.4 Å². The van der Waals surface area contributed by atoms with Crippen LogP contribution in [0.3, 0.4) is 0 Å². The number of methoxy groups -OCH3 is 1. The first-order valence-corrected chi connectivity index (χ1v) is 4.88. The fourth-order valence-electron chi connectivity index (χ4n) is 1.29. The molecule has 8 nitrogen and oxygen atoms in total. The number of H-pyrrole nitrogens is 1. The van der Waals surface area contributed by atoms with Crippen LogP contribution < -0.4 is 10.1 Å². The lowest BCUT2D eigenvalue weighted by atomic mass is 10.2. The van der Waals surface area contributed by atoms with Gasteiger partial charge in [-0.1, -0.05) is 0 Å². The molecule has 0 saturated heterocycles. The van der Waals surface area contributed by atoms with Gasteiger partial charge in [-0.05, 0) is 6.92 Å². The van der Waals surface area contributed by atoms with Crippen LogP contribution in [0.2, 0.25) is 0 Å². The Kier molecular flexibility index (Phi) is 2.77. The molecule has 8 heteroatoms. The normalized spacial score (nSPS) is 10.3.